The van der Waals surface area contributed by atoms with Gasteiger partial charge in [0.05, 0.1) is 13.2 Å². The van der Waals surface area contributed by atoms with Gasteiger partial charge in [-0.2, -0.15) is 0 Å². The molecule has 0 aliphatic carbocycles. The van der Waals surface area contributed by atoms with Crippen molar-refractivity contribution in [1.29, 1.82) is 0 Å². The predicted molar refractivity (Wildman–Crippen MR) is 28.2 cm³/mol. The molecule has 4 nitrogen and oxygen atoms in total. The Morgan fingerprint density at radius 1 is 1.38 bits per heavy atom. The molecule has 0 rings (SSSR count). The number of hydrogen-bond donors (Lipinski definition) is 4. The molecule has 0 aliphatic rings. The van der Waals surface area contributed by atoms with E-state index in [1.54, 1.807) is 0 Å². The van der Waals surface area contributed by atoms with Crippen LogP contribution in [0.1, 0.15) is 0 Å². The predicted octanol–water partition coefficient (Wildman–Crippen LogP) is -2.12. The minimum absolute atomic E-state index is 0.486. The van der Waals surface area contributed by atoms with Crippen LogP contribution in [-0.4, -0.2) is 41.3 Å². The first-order chi connectivity index (χ1) is 3.68. The van der Waals surface area contributed by atoms with E-state index in [0.717, 1.165) is 0 Å². The van der Waals surface area contributed by atoms with Crippen LogP contribution < -0.4 is 5.32 Å². The summed E-state index contributed by atoms with van der Waals surface area (Å²) in [6, 6.07) is 0. The molecule has 0 spiro atoms. The third-order valence-electron chi connectivity index (χ3n) is 0.988. The van der Waals surface area contributed by atoms with Gasteiger partial charge in [0.2, 0.25) is 0 Å². The summed E-state index contributed by atoms with van der Waals surface area (Å²) in [7, 11) is 1.45. The molecule has 0 aromatic rings. The van der Waals surface area contributed by atoms with E-state index in [9.17, 15) is 0 Å². The fourth-order valence-electron chi connectivity index (χ4n) is 0.208. The highest BCUT2D eigenvalue weighted by molar-refractivity contribution is 4.69. The number of aliphatic hydroxyl groups is 3. The van der Waals surface area contributed by atoms with Gasteiger partial charge in [0.25, 0.3) is 0 Å². The van der Waals surface area contributed by atoms with Gasteiger partial charge < -0.3 is 15.3 Å². The van der Waals surface area contributed by atoms with Crippen LogP contribution in [0.2, 0.25) is 0 Å². The summed E-state index contributed by atoms with van der Waals surface area (Å²) < 4.78 is 0. The quantitative estimate of drug-likeness (QED) is 0.322. The summed E-state index contributed by atoms with van der Waals surface area (Å²) in [6.45, 7) is -0.972. The van der Waals surface area contributed by atoms with Gasteiger partial charge in [-0.25, -0.2) is 0 Å². The van der Waals surface area contributed by atoms with E-state index < -0.39 is 18.9 Å². The third-order valence-corrected chi connectivity index (χ3v) is 0.988. The standard InChI is InChI=1S/C4H11NO3/c1-5-4(8,2-6)3-7/h5-8H,2-3H2,1H3. The normalized spacial score (nSPS) is 12.0. The Morgan fingerprint density at radius 3 is 1.75 bits per heavy atom. The smallest absolute Gasteiger partial charge is 0.162 e. The summed E-state index contributed by atoms with van der Waals surface area (Å²) >= 11 is 0. The summed E-state index contributed by atoms with van der Waals surface area (Å²) in [6.07, 6.45) is 0. The fourth-order valence-corrected chi connectivity index (χ4v) is 0.208. The molecule has 0 fully saturated rings. The average Bonchev–Trinajstić information content (AvgIpc) is 1.87. The molecule has 0 saturated carbocycles. The van der Waals surface area contributed by atoms with Crippen LogP contribution in [-0.2, 0) is 0 Å². The topological polar surface area (TPSA) is 72.7 Å². The molecule has 0 radical (unpaired) electrons. The molecule has 0 saturated heterocycles. The molecule has 4 N–H and O–H groups in total. The first-order valence-electron chi connectivity index (χ1n) is 2.31. The minimum atomic E-state index is -1.51. The van der Waals surface area contributed by atoms with Gasteiger partial charge in [-0.05, 0) is 7.05 Å². The van der Waals surface area contributed by atoms with E-state index in [-0.39, 0.29) is 0 Å². The van der Waals surface area contributed by atoms with Crippen LogP contribution in [0.5, 0.6) is 0 Å². The number of hydrogen-bond acceptors (Lipinski definition) is 4. The maximum absolute atomic E-state index is 8.83. The largest absolute Gasteiger partial charge is 0.392 e. The number of nitrogens with one attached hydrogen (secondary N) is 1. The SMILES string of the molecule is CNC(O)(CO)CO. The fraction of sp³-hybridized carbons (Fsp3) is 1.00. The molecule has 0 aliphatic heterocycles. The molecular weight excluding hydrogens is 110 g/mol. The van der Waals surface area contributed by atoms with E-state index in [1.807, 2.05) is 0 Å². The maximum atomic E-state index is 8.83. The van der Waals surface area contributed by atoms with Gasteiger partial charge in [0, 0.05) is 0 Å². The van der Waals surface area contributed by atoms with Gasteiger partial charge in [0.15, 0.2) is 5.72 Å². The number of aliphatic hydroxyl groups excluding tert-OH is 2. The van der Waals surface area contributed by atoms with Crippen LogP contribution in [0.3, 0.4) is 0 Å². The average molecular weight is 121 g/mol. The first kappa shape index (κ1) is 7.84. The van der Waals surface area contributed by atoms with Gasteiger partial charge in [-0.15, -0.1) is 0 Å². The molecule has 0 aromatic heterocycles. The van der Waals surface area contributed by atoms with Crippen molar-refractivity contribution in [3.05, 3.63) is 0 Å². The highest BCUT2D eigenvalue weighted by atomic mass is 16.4. The lowest BCUT2D eigenvalue weighted by Gasteiger charge is -2.21. The lowest BCUT2D eigenvalue weighted by molar-refractivity contribution is -0.0743. The molecule has 0 atom stereocenters. The zero-order valence-corrected chi connectivity index (χ0v) is 4.76. The molecule has 50 valence electrons. The summed E-state index contributed by atoms with van der Waals surface area (Å²) in [4.78, 5) is 0. The molecule has 0 amide bonds. The highest BCUT2D eigenvalue weighted by Gasteiger charge is 2.20. The summed E-state index contributed by atoms with van der Waals surface area (Å²) in [5.41, 5.74) is -1.51. The molecule has 0 bridgehead atoms. The van der Waals surface area contributed by atoms with E-state index in [1.165, 1.54) is 7.05 Å². The van der Waals surface area contributed by atoms with Crippen molar-refractivity contribution in [3.8, 4) is 0 Å². The zero-order valence-electron chi connectivity index (χ0n) is 4.76. The minimum Gasteiger partial charge on any atom is -0.392 e. The summed E-state index contributed by atoms with van der Waals surface area (Å²) in [5.74, 6) is 0. The van der Waals surface area contributed by atoms with Crippen LogP contribution in [0, 0.1) is 0 Å². The van der Waals surface area contributed by atoms with Gasteiger partial charge in [-0.3, -0.25) is 5.32 Å². The van der Waals surface area contributed by atoms with Gasteiger partial charge >= 0.3 is 0 Å². The number of rotatable bonds is 3. The van der Waals surface area contributed by atoms with Crippen molar-refractivity contribution in [1.82, 2.24) is 5.32 Å². The first-order valence-corrected chi connectivity index (χ1v) is 2.31. The molecule has 8 heavy (non-hydrogen) atoms. The van der Waals surface area contributed by atoms with Crippen molar-refractivity contribution in [2.24, 2.45) is 0 Å². The van der Waals surface area contributed by atoms with Crippen LogP contribution in [0.15, 0.2) is 0 Å². The van der Waals surface area contributed by atoms with E-state index in [4.69, 9.17) is 15.3 Å². The Morgan fingerprint density at radius 2 is 1.75 bits per heavy atom. The Hall–Kier alpha value is -0.160. The van der Waals surface area contributed by atoms with Crippen LogP contribution in [0.4, 0.5) is 0 Å². The zero-order chi connectivity index (χ0) is 6.62. The summed E-state index contributed by atoms with van der Waals surface area (Å²) in [5, 5.41) is 27.8. The van der Waals surface area contributed by atoms with E-state index in [0.29, 0.717) is 0 Å². The number of likely N-dealkylation sites (N-methyl/N-ethyl adjacent to an activating group) is 1. The lowest BCUT2D eigenvalue weighted by atomic mass is 10.3. The second kappa shape index (κ2) is 2.99. The monoisotopic (exact) mass is 121 g/mol. The molecular formula is C4H11NO3. The molecule has 0 aromatic carbocycles. The van der Waals surface area contributed by atoms with Crippen molar-refractivity contribution in [3.63, 3.8) is 0 Å². The highest BCUT2D eigenvalue weighted by Crippen LogP contribution is 1.92. The molecule has 4 heteroatoms. The van der Waals surface area contributed by atoms with Crippen LogP contribution in [0.25, 0.3) is 0 Å². The Balaban J connectivity index is 3.58. The Labute approximate surface area is 47.8 Å². The van der Waals surface area contributed by atoms with Gasteiger partial charge in [0.1, 0.15) is 0 Å². The van der Waals surface area contributed by atoms with Gasteiger partial charge in [-0.1, -0.05) is 0 Å². The van der Waals surface area contributed by atoms with Crippen molar-refractivity contribution < 1.29 is 15.3 Å². The van der Waals surface area contributed by atoms with E-state index >= 15 is 0 Å². The van der Waals surface area contributed by atoms with Crippen molar-refractivity contribution in [2.45, 2.75) is 5.72 Å². The maximum Gasteiger partial charge on any atom is 0.162 e. The van der Waals surface area contributed by atoms with Crippen molar-refractivity contribution in [2.75, 3.05) is 20.3 Å². The Bertz CT molecular complexity index is 54.0. The second-order valence-corrected chi connectivity index (χ2v) is 1.60. The van der Waals surface area contributed by atoms with Crippen molar-refractivity contribution >= 4 is 0 Å². The van der Waals surface area contributed by atoms with E-state index in [2.05, 4.69) is 5.32 Å². The molecule has 0 heterocycles. The molecule has 0 unspecified atom stereocenters. The second-order valence-electron chi connectivity index (χ2n) is 1.60. The third kappa shape index (κ3) is 1.75. The Kier molecular flexibility index (Phi) is 2.93. The lowest BCUT2D eigenvalue weighted by Crippen LogP contribution is -2.49. The van der Waals surface area contributed by atoms with Crippen LogP contribution >= 0.6 is 0 Å².